The Labute approximate surface area is 203 Å². The minimum atomic E-state index is 0.644. The largest absolute Gasteiger partial charge is 0.356 e. The van der Waals surface area contributed by atoms with Gasteiger partial charge in [0.05, 0.1) is 0 Å². The van der Waals surface area contributed by atoms with E-state index in [2.05, 4.69) is 43.0 Å². The van der Waals surface area contributed by atoms with Crippen molar-refractivity contribution in [2.75, 3.05) is 13.1 Å². The van der Waals surface area contributed by atoms with E-state index in [-0.39, 0.29) is 0 Å². The van der Waals surface area contributed by atoms with E-state index in [0.717, 1.165) is 0 Å². The molecule has 0 amide bonds. The molecule has 0 N–H and O–H groups in total. The van der Waals surface area contributed by atoms with Gasteiger partial charge < -0.3 is 9.80 Å². The Hall–Kier alpha value is -0.660. The summed E-state index contributed by atoms with van der Waals surface area (Å²) < 4.78 is 0. The van der Waals surface area contributed by atoms with Crippen LogP contribution in [0.3, 0.4) is 0 Å². The molecular weight excluding hydrogens is 388 g/mol. The summed E-state index contributed by atoms with van der Waals surface area (Å²) in [5, 5.41) is 0. The van der Waals surface area contributed by atoms with E-state index in [1.807, 2.05) is 0 Å². The van der Waals surface area contributed by atoms with Crippen molar-refractivity contribution < 1.29 is 0 Å². The first-order valence-corrected chi connectivity index (χ1v) is 15.0. The van der Waals surface area contributed by atoms with Gasteiger partial charge in [-0.05, 0) is 25.7 Å². The number of nitrogens with zero attached hydrogens (tertiary/aromatic N) is 2. The van der Waals surface area contributed by atoms with Gasteiger partial charge in [0, 0.05) is 25.5 Å². The molecule has 0 spiro atoms. The lowest BCUT2D eigenvalue weighted by Crippen LogP contribution is -2.39. The van der Waals surface area contributed by atoms with Crippen molar-refractivity contribution in [3.8, 4) is 0 Å². The summed E-state index contributed by atoms with van der Waals surface area (Å²) in [5.74, 6) is 0. The standard InChI is InChI=1S/C30H60N2/c1-4-7-10-13-15-16-17-19-22-25-30-31(26-23-20-12-9-6-3)28-29-32(30)27-24-21-18-14-11-8-5-2/h28-30H,4-27H2,1-3H3. The topological polar surface area (TPSA) is 6.48 Å². The lowest BCUT2D eigenvalue weighted by Gasteiger charge is -2.33. The molecule has 32 heavy (non-hydrogen) atoms. The normalized spacial score (nSPS) is 15.9. The van der Waals surface area contributed by atoms with E-state index >= 15 is 0 Å². The molecule has 0 aromatic carbocycles. The molecule has 0 bridgehead atoms. The Morgan fingerprint density at radius 2 is 0.719 bits per heavy atom. The van der Waals surface area contributed by atoms with Crippen molar-refractivity contribution >= 4 is 0 Å². The number of rotatable bonds is 24. The second-order valence-corrected chi connectivity index (χ2v) is 10.4. The van der Waals surface area contributed by atoms with Gasteiger partial charge in [-0.25, -0.2) is 0 Å². The SMILES string of the molecule is CCCCCCCCCCCC1N(CCCCCCC)C=CN1CCCCCCCCC. The Morgan fingerprint density at radius 1 is 0.406 bits per heavy atom. The summed E-state index contributed by atoms with van der Waals surface area (Å²) >= 11 is 0. The summed E-state index contributed by atoms with van der Waals surface area (Å²) in [5.41, 5.74) is 0. The number of unbranched alkanes of at least 4 members (excludes halogenated alkanes) is 18. The number of hydrogen-bond acceptors (Lipinski definition) is 2. The first-order chi connectivity index (χ1) is 15.8. The fourth-order valence-corrected chi connectivity index (χ4v) is 5.13. The highest BCUT2D eigenvalue weighted by molar-refractivity contribution is 4.97. The van der Waals surface area contributed by atoms with Crippen LogP contribution in [-0.4, -0.2) is 29.1 Å². The highest BCUT2D eigenvalue weighted by Gasteiger charge is 2.24. The molecule has 0 aliphatic carbocycles. The maximum atomic E-state index is 2.68. The third-order valence-corrected chi connectivity index (χ3v) is 7.32. The van der Waals surface area contributed by atoms with Gasteiger partial charge >= 0.3 is 0 Å². The van der Waals surface area contributed by atoms with Crippen LogP contribution in [0.2, 0.25) is 0 Å². The highest BCUT2D eigenvalue weighted by atomic mass is 15.4. The smallest absolute Gasteiger partial charge is 0.101 e. The minimum absolute atomic E-state index is 0.644. The van der Waals surface area contributed by atoms with Crippen LogP contribution in [0, 0.1) is 0 Å². The summed E-state index contributed by atoms with van der Waals surface area (Å²) in [6, 6.07) is 0. The molecular formula is C30H60N2. The molecule has 0 aromatic heterocycles. The van der Waals surface area contributed by atoms with E-state index in [1.54, 1.807) is 0 Å². The molecule has 1 aliphatic rings. The van der Waals surface area contributed by atoms with Gasteiger partial charge in [0.25, 0.3) is 0 Å². The van der Waals surface area contributed by atoms with Gasteiger partial charge in [0.15, 0.2) is 0 Å². The van der Waals surface area contributed by atoms with Crippen LogP contribution in [0.5, 0.6) is 0 Å². The van der Waals surface area contributed by atoms with Crippen molar-refractivity contribution in [2.24, 2.45) is 0 Å². The van der Waals surface area contributed by atoms with Crippen molar-refractivity contribution in [2.45, 2.75) is 168 Å². The van der Waals surface area contributed by atoms with Gasteiger partial charge in [0.1, 0.15) is 6.17 Å². The van der Waals surface area contributed by atoms with Crippen LogP contribution < -0.4 is 0 Å². The summed E-state index contributed by atoms with van der Waals surface area (Å²) in [6.45, 7) is 9.45. The zero-order valence-electron chi connectivity index (χ0n) is 22.6. The number of hydrogen-bond donors (Lipinski definition) is 0. The predicted octanol–water partition coefficient (Wildman–Crippen LogP) is 10.0. The molecule has 190 valence electrons. The average molecular weight is 449 g/mol. The second-order valence-electron chi connectivity index (χ2n) is 10.4. The average Bonchev–Trinajstić information content (AvgIpc) is 3.18. The highest BCUT2D eigenvalue weighted by Crippen LogP contribution is 2.24. The quantitative estimate of drug-likeness (QED) is 0.135. The van der Waals surface area contributed by atoms with Crippen LogP contribution in [0.1, 0.15) is 162 Å². The van der Waals surface area contributed by atoms with Crippen LogP contribution in [-0.2, 0) is 0 Å². The Bertz CT molecular complexity index is 406. The zero-order valence-corrected chi connectivity index (χ0v) is 22.6. The molecule has 0 fully saturated rings. The van der Waals surface area contributed by atoms with E-state index in [9.17, 15) is 0 Å². The van der Waals surface area contributed by atoms with Crippen LogP contribution >= 0.6 is 0 Å². The monoisotopic (exact) mass is 448 g/mol. The van der Waals surface area contributed by atoms with Gasteiger partial charge in [0.2, 0.25) is 0 Å². The Balaban J connectivity index is 2.27. The predicted molar refractivity (Wildman–Crippen MR) is 145 cm³/mol. The maximum Gasteiger partial charge on any atom is 0.101 e. The van der Waals surface area contributed by atoms with Gasteiger partial charge in [-0.1, -0.05) is 136 Å². The van der Waals surface area contributed by atoms with Gasteiger partial charge in [-0.15, -0.1) is 0 Å². The van der Waals surface area contributed by atoms with Crippen LogP contribution in [0.25, 0.3) is 0 Å². The van der Waals surface area contributed by atoms with Crippen molar-refractivity contribution in [1.29, 1.82) is 0 Å². The fourth-order valence-electron chi connectivity index (χ4n) is 5.13. The van der Waals surface area contributed by atoms with Crippen LogP contribution in [0.15, 0.2) is 12.4 Å². The molecule has 0 aromatic rings. The lowest BCUT2D eigenvalue weighted by molar-refractivity contribution is 0.135. The van der Waals surface area contributed by atoms with Gasteiger partial charge in [-0.3, -0.25) is 0 Å². The van der Waals surface area contributed by atoms with E-state index in [4.69, 9.17) is 0 Å². The summed E-state index contributed by atoms with van der Waals surface area (Å²) in [4.78, 5) is 5.36. The zero-order chi connectivity index (χ0) is 23.1. The molecule has 1 unspecified atom stereocenters. The van der Waals surface area contributed by atoms with E-state index < -0.39 is 0 Å². The molecule has 0 radical (unpaired) electrons. The molecule has 2 heteroatoms. The molecule has 0 saturated heterocycles. The molecule has 1 rings (SSSR count). The van der Waals surface area contributed by atoms with E-state index in [1.165, 1.54) is 154 Å². The van der Waals surface area contributed by atoms with Crippen molar-refractivity contribution in [1.82, 2.24) is 9.80 Å². The lowest BCUT2D eigenvalue weighted by atomic mass is 10.1. The maximum absolute atomic E-state index is 2.68. The molecule has 2 nitrogen and oxygen atoms in total. The molecule has 0 saturated carbocycles. The summed E-state index contributed by atoms with van der Waals surface area (Å²) in [7, 11) is 0. The Morgan fingerprint density at radius 3 is 1.09 bits per heavy atom. The second kappa shape index (κ2) is 22.1. The summed E-state index contributed by atoms with van der Waals surface area (Å²) in [6.07, 6.45) is 36.5. The first kappa shape index (κ1) is 29.4. The van der Waals surface area contributed by atoms with Crippen molar-refractivity contribution in [3.05, 3.63) is 12.4 Å². The Kier molecular flexibility index (Phi) is 20.3. The van der Waals surface area contributed by atoms with Crippen molar-refractivity contribution in [3.63, 3.8) is 0 Å². The van der Waals surface area contributed by atoms with Gasteiger partial charge in [-0.2, -0.15) is 0 Å². The third-order valence-electron chi connectivity index (χ3n) is 7.32. The van der Waals surface area contributed by atoms with Crippen LogP contribution in [0.4, 0.5) is 0 Å². The minimum Gasteiger partial charge on any atom is -0.356 e. The first-order valence-electron chi connectivity index (χ1n) is 15.0. The fraction of sp³-hybridized carbons (Fsp3) is 0.933. The third kappa shape index (κ3) is 15.2. The molecule has 1 aliphatic heterocycles. The van der Waals surface area contributed by atoms with E-state index in [0.29, 0.717) is 6.17 Å². The molecule has 1 heterocycles. The molecule has 1 atom stereocenters.